The summed E-state index contributed by atoms with van der Waals surface area (Å²) in [6.45, 7) is 6.50. The number of hydrogen-bond acceptors (Lipinski definition) is 2. The van der Waals surface area contributed by atoms with Crippen LogP contribution in [0, 0.1) is 11.3 Å². The predicted molar refractivity (Wildman–Crippen MR) is 53.4 cm³/mol. The van der Waals surface area contributed by atoms with E-state index in [-0.39, 0.29) is 12.0 Å². The Kier molecular flexibility index (Phi) is 3.03. The van der Waals surface area contributed by atoms with Crippen molar-refractivity contribution in [3.05, 3.63) is 0 Å². The van der Waals surface area contributed by atoms with Crippen LogP contribution < -0.4 is 0 Å². The maximum Gasteiger partial charge on any atom is 0.0671 e. The third kappa shape index (κ3) is 2.23. The molecule has 0 saturated heterocycles. The van der Waals surface area contributed by atoms with Crippen molar-refractivity contribution in [1.82, 2.24) is 0 Å². The van der Waals surface area contributed by atoms with Crippen LogP contribution in [0.15, 0.2) is 0 Å². The van der Waals surface area contributed by atoms with Crippen molar-refractivity contribution in [3.8, 4) is 0 Å². The zero-order chi connectivity index (χ0) is 10.1. The van der Waals surface area contributed by atoms with E-state index in [9.17, 15) is 10.2 Å². The van der Waals surface area contributed by atoms with Crippen LogP contribution in [0.3, 0.4) is 0 Å². The van der Waals surface area contributed by atoms with Gasteiger partial charge in [-0.25, -0.2) is 0 Å². The third-order valence-corrected chi connectivity index (χ3v) is 3.78. The normalized spacial score (nSPS) is 41.1. The van der Waals surface area contributed by atoms with Crippen LogP contribution in [-0.4, -0.2) is 22.4 Å². The first kappa shape index (κ1) is 11.0. The molecule has 0 aromatic heterocycles. The van der Waals surface area contributed by atoms with Crippen LogP contribution in [0.2, 0.25) is 0 Å². The first-order valence-electron chi connectivity index (χ1n) is 5.25. The Balaban J connectivity index is 2.56. The van der Waals surface area contributed by atoms with Crippen molar-refractivity contribution in [2.45, 2.75) is 52.1 Å². The summed E-state index contributed by atoms with van der Waals surface area (Å²) in [4.78, 5) is 0. The van der Waals surface area contributed by atoms with E-state index < -0.39 is 5.60 Å². The second-order valence-corrected chi connectivity index (χ2v) is 5.23. The maximum absolute atomic E-state index is 10.2. The molecule has 1 saturated carbocycles. The molecule has 1 rings (SSSR count). The number of hydrogen-bond donors (Lipinski definition) is 2. The van der Waals surface area contributed by atoms with Gasteiger partial charge in [0.2, 0.25) is 0 Å². The summed E-state index contributed by atoms with van der Waals surface area (Å²) in [6, 6.07) is 0. The molecule has 2 N–H and O–H groups in total. The minimum absolute atomic E-state index is 0.0567. The van der Waals surface area contributed by atoms with E-state index in [1.165, 1.54) is 0 Å². The van der Waals surface area contributed by atoms with Crippen molar-refractivity contribution in [1.29, 1.82) is 0 Å². The fourth-order valence-electron chi connectivity index (χ4n) is 2.02. The molecule has 2 nitrogen and oxygen atoms in total. The van der Waals surface area contributed by atoms with Crippen molar-refractivity contribution in [2.75, 3.05) is 6.61 Å². The van der Waals surface area contributed by atoms with Crippen molar-refractivity contribution < 1.29 is 10.2 Å². The summed E-state index contributed by atoms with van der Waals surface area (Å²) in [5.41, 5.74) is -0.421. The zero-order valence-electron chi connectivity index (χ0n) is 9.01. The highest BCUT2D eigenvalue weighted by molar-refractivity contribution is 4.92. The van der Waals surface area contributed by atoms with E-state index in [4.69, 9.17) is 0 Å². The van der Waals surface area contributed by atoms with Crippen molar-refractivity contribution >= 4 is 0 Å². The highest BCUT2D eigenvalue weighted by Crippen LogP contribution is 2.43. The minimum atomic E-state index is -0.477. The Labute approximate surface area is 81.0 Å². The molecule has 1 aliphatic carbocycles. The largest absolute Gasteiger partial charge is 0.396 e. The first-order valence-corrected chi connectivity index (χ1v) is 5.25. The fourth-order valence-corrected chi connectivity index (χ4v) is 2.02. The fraction of sp³-hybridized carbons (Fsp3) is 1.00. The molecule has 0 aliphatic heterocycles. The summed E-state index contributed by atoms with van der Waals surface area (Å²) in [6.07, 6.45) is 3.56. The van der Waals surface area contributed by atoms with Gasteiger partial charge in [-0.05, 0) is 37.0 Å². The third-order valence-electron chi connectivity index (χ3n) is 3.78. The van der Waals surface area contributed by atoms with Gasteiger partial charge in [-0.3, -0.25) is 0 Å². The Morgan fingerprint density at radius 2 is 1.62 bits per heavy atom. The van der Waals surface area contributed by atoms with Crippen molar-refractivity contribution in [2.24, 2.45) is 11.3 Å². The van der Waals surface area contributed by atoms with Crippen LogP contribution in [-0.2, 0) is 0 Å². The van der Waals surface area contributed by atoms with Gasteiger partial charge in [0, 0.05) is 6.61 Å². The van der Waals surface area contributed by atoms with Gasteiger partial charge < -0.3 is 10.2 Å². The van der Waals surface area contributed by atoms with Gasteiger partial charge in [-0.2, -0.15) is 0 Å². The highest BCUT2D eigenvalue weighted by Gasteiger charge is 2.40. The molecule has 0 amide bonds. The van der Waals surface area contributed by atoms with E-state index in [1.807, 2.05) is 0 Å². The quantitative estimate of drug-likeness (QED) is 0.692. The van der Waals surface area contributed by atoms with Gasteiger partial charge >= 0.3 is 0 Å². The molecule has 0 bridgehead atoms. The van der Waals surface area contributed by atoms with Gasteiger partial charge in [-0.1, -0.05) is 20.8 Å². The van der Waals surface area contributed by atoms with E-state index >= 15 is 0 Å². The van der Waals surface area contributed by atoms with Crippen molar-refractivity contribution in [3.63, 3.8) is 0 Å². The topological polar surface area (TPSA) is 40.5 Å². The molecule has 0 heterocycles. The van der Waals surface area contributed by atoms with Crippen LogP contribution in [0.5, 0.6) is 0 Å². The predicted octanol–water partition coefficient (Wildman–Crippen LogP) is 1.95. The Hall–Kier alpha value is -0.0800. The maximum atomic E-state index is 10.2. The van der Waals surface area contributed by atoms with Gasteiger partial charge in [-0.15, -0.1) is 0 Å². The van der Waals surface area contributed by atoms with E-state index in [2.05, 4.69) is 20.8 Å². The standard InChI is InChI=1S/C11H22O2/c1-9(2)11(13)6-4-10(3,8-12)5-7-11/h9,12-13H,4-8H2,1-3H3. The lowest BCUT2D eigenvalue weighted by Gasteiger charge is -2.43. The molecule has 0 radical (unpaired) electrons. The lowest BCUT2D eigenvalue weighted by atomic mass is 9.67. The molecule has 2 heteroatoms. The summed E-state index contributed by atoms with van der Waals surface area (Å²) in [5, 5.41) is 19.4. The summed E-state index contributed by atoms with van der Waals surface area (Å²) in [5.74, 6) is 0.329. The number of aliphatic hydroxyl groups excluding tert-OH is 1. The van der Waals surface area contributed by atoms with E-state index in [0.29, 0.717) is 5.92 Å². The summed E-state index contributed by atoms with van der Waals surface area (Å²) in [7, 11) is 0. The van der Waals surface area contributed by atoms with Crippen LogP contribution >= 0.6 is 0 Å². The molecule has 0 aromatic carbocycles. The zero-order valence-corrected chi connectivity index (χ0v) is 9.01. The SMILES string of the molecule is CC(C)C1(O)CCC(C)(CO)CC1. The highest BCUT2D eigenvalue weighted by atomic mass is 16.3. The lowest BCUT2D eigenvalue weighted by Crippen LogP contribution is -2.43. The monoisotopic (exact) mass is 186 g/mol. The number of aliphatic hydroxyl groups is 2. The Bertz CT molecular complexity index is 167. The lowest BCUT2D eigenvalue weighted by molar-refractivity contribution is -0.0733. The summed E-state index contributed by atoms with van der Waals surface area (Å²) < 4.78 is 0. The molecular weight excluding hydrogens is 164 g/mol. The molecule has 0 unspecified atom stereocenters. The summed E-state index contributed by atoms with van der Waals surface area (Å²) >= 11 is 0. The van der Waals surface area contributed by atoms with E-state index in [1.54, 1.807) is 0 Å². The van der Waals surface area contributed by atoms with Gasteiger partial charge in [0.1, 0.15) is 0 Å². The van der Waals surface area contributed by atoms with Gasteiger partial charge in [0.05, 0.1) is 5.60 Å². The molecular formula is C11H22O2. The Morgan fingerprint density at radius 1 is 1.15 bits per heavy atom. The Morgan fingerprint density at radius 3 is 1.92 bits per heavy atom. The second-order valence-electron chi connectivity index (χ2n) is 5.23. The van der Waals surface area contributed by atoms with Crippen LogP contribution in [0.4, 0.5) is 0 Å². The average Bonchev–Trinajstić information content (AvgIpc) is 2.11. The smallest absolute Gasteiger partial charge is 0.0671 e. The second kappa shape index (κ2) is 3.58. The molecule has 1 fully saturated rings. The number of rotatable bonds is 2. The van der Waals surface area contributed by atoms with Crippen LogP contribution in [0.1, 0.15) is 46.5 Å². The minimum Gasteiger partial charge on any atom is -0.396 e. The molecule has 13 heavy (non-hydrogen) atoms. The van der Waals surface area contributed by atoms with Gasteiger partial charge in [0.15, 0.2) is 0 Å². The molecule has 78 valence electrons. The molecule has 0 atom stereocenters. The van der Waals surface area contributed by atoms with Crippen LogP contribution in [0.25, 0.3) is 0 Å². The van der Waals surface area contributed by atoms with Gasteiger partial charge in [0.25, 0.3) is 0 Å². The first-order chi connectivity index (χ1) is 5.92. The molecule has 1 aliphatic rings. The van der Waals surface area contributed by atoms with E-state index in [0.717, 1.165) is 25.7 Å². The molecule has 0 spiro atoms. The average molecular weight is 186 g/mol. The molecule has 0 aromatic rings.